The third kappa shape index (κ3) is 3.45. The van der Waals surface area contributed by atoms with E-state index in [0.717, 1.165) is 50.6 Å². The third-order valence-corrected chi connectivity index (χ3v) is 5.38. The number of carbonyl (C=O) groups is 1. The minimum absolute atomic E-state index is 0.129. The van der Waals surface area contributed by atoms with Gasteiger partial charge >= 0.3 is 0 Å². The molecule has 1 spiro atoms. The molecule has 1 N–H and O–H groups in total. The number of nitrogens with zero attached hydrogens (tertiary/aromatic N) is 2. The van der Waals surface area contributed by atoms with Gasteiger partial charge in [0, 0.05) is 49.7 Å². The summed E-state index contributed by atoms with van der Waals surface area (Å²) in [5.41, 5.74) is 1.43. The van der Waals surface area contributed by atoms with Crippen molar-refractivity contribution in [2.24, 2.45) is 0 Å². The topological polar surface area (TPSA) is 35.6 Å². The minimum atomic E-state index is 0.129. The smallest absolute Gasteiger partial charge is 0.220 e. The van der Waals surface area contributed by atoms with Crippen LogP contribution in [0.15, 0.2) is 24.3 Å². The molecule has 0 aromatic heterocycles. The first-order valence-corrected chi connectivity index (χ1v) is 8.40. The Labute approximate surface area is 137 Å². The molecule has 2 fully saturated rings. The van der Waals surface area contributed by atoms with Crippen LogP contribution in [0, 0.1) is 0 Å². The summed E-state index contributed by atoms with van der Waals surface area (Å²) in [6, 6.07) is 8.12. The van der Waals surface area contributed by atoms with Crippen molar-refractivity contribution in [3.8, 4) is 0 Å². The fraction of sp³-hybridized carbons (Fsp3) is 0.588. The van der Waals surface area contributed by atoms with E-state index in [1.807, 2.05) is 12.1 Å². The van der Waals surface area contributed by atoms with E-state index in [1.54, 1.807) is 0 Å². The number of likely N-dealkylation sites (N-methyl/N-ethyl adjacent to an activating group) is 1. The fourth-order valence-electron chi connectivity index (χ4n) is 3.66. The number of amides is 1. The second kappa shape index (κ2) is 6.57. The Bertz CT molecular complexity index is 533. The molecular weight excluding hydrogens is 298 g/mol. The predicted octanol–water partition coefficient (Wildman–Crippen LogP) is 2.13. The van der Waals surface area contributed by atoms with E-state index >= 15 is 0 Å². The van der Waals surface area contributed by atoms with Gasteiger partial charge in [-0.3, -0.25) is 14.6 Å². The monoisotopic (exact) mass is 321 g/mol. The number of hydrogen-bond donors (Lipinski definition) is 1. The maximum atomic E-state index is 11.7. The van der Waals surface area contributed by atoms with Crippen molar-refractivity contribution in [3.05, 3.63) is 34.9 Å². The lowest BCUT2D eigenvalue weighted by molar-refractivity contribution is -0.121. The molecule has 1 aromatic rings. The number of hydrogen-bond acceptors (Lipinski definition) is 3. The first-order valence-electron chi connectivity index (χ1n) is 8.02. The van der Waals surface area contributed by atoms with Gasteiger partial charge in [-0.25, -0.2) is 0 Å². The van der Waals surface area contributed by atoms with Gasteiger partial charge in [-0.1, -0.05) is 23.7 Å². The summed E-state index contributed by atoms with van der Waals surface area (Å²) in [7, 11) is 2.20. The molecule has 2 heterocycles. The standard InChI is InChI=1S/C17H24ClN3O/c1-20-10-11-21(12-14-2-4-15(18)5-3-14)13-17(20)7-6-16(22)19-9-8-17/h2-5H,6-13H2,1H3,(H,19,22)/t17-/m0/s1. The molecule has 0 saturated carbocycles. The summed E-state index contributed by atoms with van der Waals surface area (Å²) in [4.78, 5) is 16.6. The molecule has 120 valence electrons. The van der Waals surface area contributed by atoms with Crippen LogP contribution in [0.3, 0.4) is 0 Å². The van der Waals surface area contributed by atoms with Crippen LogP contribution >= 0.6 is 11.6 Å². The highest BCUT2D eigenvalue weighted by Gasteiger charge is 2.40. The lowest BCUT2D eigenvalue weighted by Gasteiger charge is -2.49. The van der Waals surface area contributed by atoms with E-state index in [4.69, 9.17) is 11.6 Å². The van der Waals surface area contributed by atoms with Crippen molar-refractivity contribution in [1.82, 2.24) is 15.1 Å². The molecule has 1 amide bonds. The first-order chi connectivity index (χ1) is 10.6. The number of rotatable bonds is 2. The van der Waals surface area contributed by atoms with Crippen LogP contribution in [0.2, 0.25) is 5.02 Å². The van der Waals surface area contributed by atoms with E-state index in [-0.39, 0.29) is 11.4 Å². The molecule has 5 heteroatoms. The molecule has 2 aliphatic rings. The Morgan fingerprint density at radius 3 is 2.77 bits per heavy atom. The maximum Gasteiger partial charge on any atom is 0.220 e. The number of nitrogens with one attached hydrogen (secondary N) is 1. The first kappa shape index (κ1) is 15.8. The Kier molecular flexibility index (Phi) is 4.71. The molecule has 3 rings (SSSR count). The molecule has 2 aliphatic heterocycles. The third-order valence-electron chi connectivity index (χ3n) is 5.13. The maximum absolute atomic E-state index is 11.7. The van der Waals surface area contributed by atoms with E-state index < -0.39 is 0 Å². The van der Waals surface area contributed by atoms with Gasteiger partial charge in [0.1, 0.15) is 0 Å². The van der Waals surface area contributed by atoms with E-state index in [9.17, 15) is 4.79 Å². The van der Waals surface area contributed by atoms with Crippen LogP contribution in [-0.2, 0) is 11.3 Å². The van der Waals surface area contributed by atoms with Gasteiger partial charge in [-0.2, -0.15) is 0 Å². The molecule has 0 unspecified atom stereocenters. The Balaban J connectivity index is 1.70. The predicted molar refractivity (Wildman–Crippen MR) is 89.0 cm³/mol. The zero-order valence-electron chi connectivity index (χ0n) is 13.1. The van der Waals surface area contributed by atoms with Gasteiger partial charge in [0.15, 0.2) is 0 Å². The summed E-state index contributed by atoms with van der Waals surface area (Å²) < 4.78 is 0. The van der Waals surface area contributed by atoms with Gasteiger partial charge in [0.05, 0.1) is 0 Å². The van der Waals surface area contributed by atoms with Crippen LogP contribution in [0.5, 0.6) is 0 Å². The highest BCUT2D eigenvalue weighted by Crippen LogP contribution is 2.31. The minimum Gasteiger partial charge on any atom is -0.356 e. The van der Waals surface area contributed by atoms with E-state index in [2.05, 4.69) is 34.3 Å². The van der Waals surface area contributed by atoms with Gasteiger partial charge < -0.3 is 5.32 Å². The highest BCUT2D eigenvalue weighted by molar-refractivity contribution is 6.30. The van der Waals surface area contributed by atoms with Gasteiger partial charge in [0.2, 0.25) is 5.91 Å². The lowest BCUT2D eigenvalue weighted by Crippen LogP contribution is -2.60. The fourth-order valence-corrected chi connectivity index (χ4v) is 3.79. The van der Waals surface area contributed by atoms with Crippen LogP contribution in [-0.4, -0.2) is 54.5 Å². The lowest BCUT2D eigenvalue weighted by atomic mass is 9.86. The second-order valence-electron chi connectivity index (χ2n) is 6.58. The summed E-state index contributed by atoms with van der Waals surface area (Å²) in [6.07, 6.45) is 2.62. The molecule has 0 bridgehead atoms. The number of halogens is 1. The van der Waals surface area contributed by atoms with Crippen LogP contribution < -0.4 is 5.32 Å². The zero-order valence-corrected chi connectivity index (χ0v) is 13.9. The van der Waals surface area contributed by atoms with Gasteiger partial charge in [-0.05, 0) is 37.6 Å². The van der Waals surface area contributed by atoms with Crippen molar-refractivity contribution in [2.75, 3.05) is 33.2 Å². The van der Waals surface area contributed by atoms with Crippen molar-refractivity contribution >= 4 is 17.5 Å². The molecule has 1 atom stereocenters. The zero-order chi connectivity index (χ0) is 15.6. The summed E-state index contributed by atoms with van der Waals surface area (Å²) in [5.74, 6) is 0.195. The molecular formula is C17H24ClN3O. The molecule has 1 aromatic carbocycles. The molecule has 2 saturated heterocycles. The number of benzene rings is 1. The number of carbonyl (C=O) groups excluding carboxylic acids is 1. The number of piperazine rings is 1. The summed E-state index contributed by atoms with van der Waals surface area (Å²) in [5, 5.41) is 3.79. The van der Waals surface area contributed by atoms with Crippen molar-refractivity contribution in [3.63, 3.8) is 0 Å². The average molecular weight is 322 g/mol. The molecule has 0 aliphatic carbocycles. The van der Waals surface area contributed by atoms with Gasteiger partial charge in [0.25, 0.3) is 0 Å². The molecule has 22 heavy (non-hydrogen) atoms. The Morgan fingerprint density at radius 2 is 2.00 bits per heavy atom. The Morgan fingerprint density at radius 1 is 1.23 bits per heavy atom. The van der Waals surface area contributed by atoms with Crippen molar-refractivity contribution in [1.29, 1.82) is 0 Å². The van der Waals surface area contributed by atoms with E-state index in [1.165, 1.54) is 5.56 Å². The van der Waals surface area contributed by atoms with E-state index in [0.29, 0.717) is 6.42 Å². The van der Waals surface area contributed by atoms with Crippen LogP contribution in [0.1, 0.15) is 24.8 Å². The largest absolute Gasteiger partial charge is 0.356 e. The van der Waals surface area contributed by atoms with Crippen molar-refractivity contribution in [2.45, 2.75) is 31.3 Å². The summed E-state index contributed by atoms with van der Waals surface area (Å²) in [6.45, 7) is 4.90. The second-order valence-corrected chi connectivity index (χ2v) is 7.02. The summed E-state index contributed by atoms with van der Waals surface area (Å²) >= 11 is 5.96. The highest BCUT2D eigenvalue weighted by atomic mass is 35.5. The normalized spacial score (nSPS) is 27.6. The average Bonchev–Trinajstić information content (AvgIpc) is 2.69. The van der Waals surface area contributed by atoms with Gasteiger partial charge in [-0.15, -0.1) is 0 Å². The SMILES string of the molecule is CN1CCN(Cc2ccc(Cl)cc2)C[C@]12CCNC(=O)CC2. The molecule has 4 nitrogen and oxygen atoms in total. The Hall–Kier alpha value is -1.10. The van der Waals surface area contributed by atoms with Crippen molar-refractivity contribution < 1.29 is 4.79 Å². The van der Waals surface area contributed by atoms with Crippen LogP contribution in [0.4, 0.5) is 0 Å². The molecule has 0 radical (unpaired) electrons. The van der Waals surface area contributed by atoms with Crippen LogP contribution in [0.25, 0.3) is 0 Å². The quantitative estimate of drug-likeness (QED) is 0.906.